The summed E-state index contributed by atoms with van der Waals surface area (Å²) in [5, 5.41) is 0. The minimum absolute atomic E-state index is 0.502. The maximum absolute atomic E-state index is 12.4. The van der Waals surface area contributed by atoms with E-state index in [0.717, 1.165) is 23.0 Å². The van der Waals surface area contributed by atoms with Crippen LogP contribution >= 0.6 is 11.3 Å². The lowest BCUT2D eigenvalue weighted by molar-refractivity contribution is 0.503. The highest BCUT2D eigenvalue weighted by Crippen LogP contribution is 2.18. The summed E-state index contributed by atoms with van der Waals surface area (Å²) in [5.74, 6) is 0. The van der Waals surface area contributed by atoms with Crippen LogP contribution in [0, 0.1) is 0 Å². The molecule has 0 saturated carbocycles. The highest BCUT2D eigenvalue weighted by atomic mass is 32.1. The van der Waals surface area contributed by atoms with Crippen molar-refractivity contribution in [2.24, 2.45) is 0 Å². The van der Waals surface area contributed by atoms with E-state index >= 15 is 0 Å². The van der Waals surface area contributed by atoms with Crippen molar-refractivity contribution in [2.45, 2.75) is 0 Å². The van der Waals surface area contributed by atoms with E-state index in [1.165, 1.54) is 6.07 Å². The fourth-order valence-corrected chi connectivity index (χ4v) is 2.19. The minimum Gasteiger partial charge on any atom is -0.444 e. The van der Waals surface area contributed by atoms with E-state index in [2.05, 4.69) is 0 Å². The molecular formula is C12H9BF3S-. The van der Waals surface area contributed by atoms with Crippen molar-refractivity contribution in [1.82, 2.24) is 0 Å². The molecule has 0 radical (unpaired) electrons. The molecule has 0 amide bonds. The molecule has 0 nitrogen and oxygen atoms in total. The molecule has 2 rings (SSSR count). The largest absolute Gasteiger partial charge is 0.519 e. The molecule has 17 heavy (non-hydrogen) atoms. The quantitative estimate of drug-likeness (QED) is 0.726. The summed E-state index contributed by atoms with van der Waals surface area (Å²) < 4.78 is 36.7. The Balaban J connectivity index is 2.15. The topological polar surface area (TPSA) is 0 Å². The Kier molecular flexibility index (Phi) is 3.38. The Morgan fingerprint density at radius 2 is 1.59 bits per heavy atom. The monoisotopic (exact) mass is 253 g/mol. The van der Waals surface area contributed by atoms with Gasteiger partial charge in [-0.25, -0.2) is 0 Å². The van der Waals surface area contributed by atoms with Crippen molar-refractivity contribution in [3.05, 3.63) is 52.9 Å². The first-order valence-corrected chi connectivity index (χ1v) is 5.90. The van der Waals surface area contributed by atoms with Crippen molar-refractivity contribution >= 4 is 35.2 Å². The Bertz CT molecular complexity index is 514. The zero-order valence-electron chi connectivity index (χ0n) is 8.82. The molecule has 0 aliphatic carbocycles. The van der Waals surface area contributed by atoms with Crippen LogP contribution in [0.4, 0.5) is 12.9 Å². The average Bonchev–Trinajstić information content (AvgIpc) is 2.76. The van der Waals surface area contributed by atoms with Gasteiger partial charge in [-0.15, -0.1) is 0 Å². The molecule has 0 aliphatic heterocycles. The molecule has 1 heterocycles. The van der Waals surface area contributed by atoms with Gasteiger partial charge >= 0.3 is 6.98 Å². The zero-order valence-corrected chi connectivity index (χ0v) is 9.63. The third kappa shape index (κ3) is 3.23. The minimum atomic E-state index is -4.87. The molecular weight excluding hydrogens is 244 g/mol. The van der Waals surface area contributed by atoms with E-state index in [1.54, 1.807) is 12.2 Å². The van der Waals surface area contributed by atoms with Crippen LogP contribution in [0.25, 0.3) is 12.2 Å². The first-order valence-electron chi connectivity index (χ1n) is 5.08. The van der Waals surface area contributed by atoms with Gasteiger partial charge in [0.2, 0.25) is 0 Å². The number of hydrogen-bond acceptors (Lipinski definition) is 1. The van der Waals surface area contributed by atoms with Gasteiger partial charge < -0.3 is 12.9 Å². The Morgan fingerprint density at radius 1 is 0.882 bits per heavy atom. The lowest BCUT2D eigenvalue weighted by Gasteiger charge is -2.09. The van der Waals surface area contributed by atoms with Gasteiger partial charge in [-0.3, -0.25) is 0 Å². The molecule has 0 spiro atoms. The van der Waals surface area contributed by atoms with E-state index in [-0.39, 0.29) is 0 Å². The summed E-state index contributed by atoms with van der Waals surface area (Å²) in [7, 11) is 0. The van der Waals surface area contributed by atoms with Crippen LogP contribution in [0.1, 0.15) is 10.4 Å². The molecule has 1 aromatic heterocycles. The molecule has 0 aliphatic rings. The van der Waals surface area contributed by atoms with Crippen LogP contribution in [-0.2, 0) is 0 Å². The van der Waals surface area contributed by atoms with Gasteiger partial charge in [0.1, 0.15) is 0 Å². The van der Waals surface area contributed by atoms with Crippen molar-refractivity contribution in [3.63, 3.8) is 0 Å². The fourth-order valence-electron chi connectivity index (χ4n) is 1.38. The van der Waals surface area contributed by atoms with Crippen LogP contribution in [0.15, 0.2) is 42.5 Å². The van der Waals surface area contributed by atoms with Crippen molar-refractivity contribution in [1.29, 1.82) is 0 Å². The van der Waals surface area contributed by atoms with Crippen LogP contribution < -0.4 is 4.78 Å². The van der Waals surface area contributed by atoms with E-state index in [1.807, 2.05) is 30.3 Å². The van der Waals surface area contributed by atoms with Gasteiger partial charge in [0.05, 0.1) is 0 Å². The third-order valence-corrected chi connectivity index (χ3v) is 3.36. The van der Waals surface area contributed by atoms with Crippen molar-refractivity contribution < 1.29 is 12.9 Å². The number of halogens is 3. The molecule has 0 unspecified atom stereocenters. The second-order valence-electron chi connectivity index (χ2n) is 3.56. The van der Waals surface area contributed by atoms with Crippen LogP contribution in [0.5, 0.6) is 0 Å². The first-order chi connectivity index (χ1) is 8.05. The molecule has 5 heteroatoms. The zero-order chi connectivity index (χ0) is 12.3. The number of benzene rings is 1. The summed E-state index contributed by atoms with van der Waals surface area (Å²) >= 11 is 0.775. The highest BCUT2D eigenvalue weighted by Gasteiger charge is 2.26. The van der Waals surface area contributed by atoms with E-state index in [4.69, 9.17) is 0 Å². The summed E-state index contributed by atoms with van der Waals surface area (Å²) in [6.07, 6.45) is 3.50. The number of hydrogen-bond donors (Lipinski definition) is 0. The fraction of sp³-hybridized carbons (Fsp3) is 0. The van der Waals surface area contributed by atoms with E-state index in [9.17, 15) is 12.9 Å². The maximum atomic E-state index is 12.4. The highest BCUT2D eigenvalue weighted by molar-refractivity contribution is 7.24. The Hall–Kier alpha value is -1.49. The predicted octanol–water partition coefficient (Wildman–Crippen LogP) is 3.97. The lowest BCUT2D eigenvalue weighted by Crippen LogP contribution is -2.30. The van der Waals surface area contributed by atoms with E-state index in [0.29, 0.717) is 4.88 Å². The molecule has 0 saturated heterocycles. The SMILES string of the molecule is F[B-](F)(F)c1ccc(/C=C/c2ccccc2)s1. The van der Waals surface area contributed by atoms with Crippen molar-refractivity contribution in [2.75, 3.05) is 0 Å². The van der Waals surface area contributed by atoms with Gasteiger partial charge in [0, 0.05) is 4.88 Å². The molecule has 0 bridgehead atoms. The summed E-state index contributed by atoms with van der Waals surface area (Å²) in [6.45, 7) is -4.87. The van der Waals surface area contributed by atoms with Gasteiger partial charge in [-0.05, 0) is 17.7 Å². The maximum Gasteiger partial charge on any atom is 0.519 e. The van der Waals surface area contributed by atoms with Crippen LogP contribution in [0.3, 0.4) is 0 Å². The van der Waals surface area contributed by atoms with Gasteiger partial charge in [-0.2, -0.15) is 11.3 Å². The summed E-state index contributed by atoms with van der Waals surface area (Å²) in [6, 6.07) is 12.1. The lowest BCUT2D eigenvalue weighted by atomic mass is 9.90. The second kappa shape index (κ2) is 4.79. The molecule has 2 aromatic rings. The van der Waals surface area contributed by atoms with Crippen molar-refractivity contribution in [3.8, 4) is 0 Å². The second-order valence-corrected chi connectivity index (χ2v) is 4.71. The summed E-state index contributed by atoms with van der Waals surface area (Å²) in [4.78, 5) is 0.614. The number of rotatable bonds is 3. The molecule has 1 aromatic carbocycles. The first kappa shape index (κ1) is 12.0. The Labute approximate surface area is 101 Å². The average molecular weight is 253 g/mol. The molecule has 0 N–H and O–H groups in total. The van der Waals surface area contributed by atoms with Crippen LogP contribution in [-0.4, -0.2) is 6.98 Å². The number of thiophene rings is 1. The standard InChI is InChI=1S/C12H9BF3S/c14-13(15,16)12-9-8-11(17-12)7-6-10-4-2-1-3-5-10/h1-9H/q-1/b7-6+. The normalized spacial score (nSPS) is 12.2. The van der Waals surface area contributed by atoms with E-state index < -0.39 is 11.8 Å². The van der Waals surface area contributed by atoms with Gasteiger partial charge in [0.25, 0.3) is 0 Å². The molecule has 88 valence electrons. The predicted molar refractivity (Wildman–Crippen MR) is 68.4 cm³/mol. The molecule has 0 fully saturated rings. The Morgan fingerprint density at radius 3 is 2.18 bits per heavy atom. The smallest absolute Gasteiger partial charge is 0.444 e. The van der Waals surface area contributed by atoms with Crippen LogP contribution in [0.2, 0.25) is 0 Å². The molecule has 0 atom stereocenters. The van der Waals surface area contributed by atoms with Gasteiger partial charge in [0.15, 0.2) is 0 Å². The summed E-state index contributed by atoms with van der Waals surface area (Å²) in [5.41, 5.74) is 0.972. The third-order valence-electron chi connectivity index (χ3n) is 2.21. The van der Waals surface area contributed by atoms with Gasteiger partial charge in [-0.1, -0.05) is 47.3 Å².